The van der Waals surface area contributed by atoms with Crippen LogP contribution in [0.2, 0.25) is 0 Å². The largest absolute Gasteiger partial charge is 0.377 e. The molecule has 0 unspecified atom stereocenters. The minimum Gasteiger partial charge on any atom is -0.377 e. The fraction of sp³-hybridized carbons (Fsp3) is 0.500. The van der Waals surface area contributed by atoms with Gasteiger partial charge in [0.25, 0.3) is 0 Å². The van der Waals surface area contributed by atoms with Gasteiger partial charge in [0.1, 0.15) is 0 Å². The maximum atomic E-state index is 5.72. The van der Waals surface area contributed by atoms with Crippen molar-refractivity contribution in [2.24, 2.45) is 5.92 Å². The Morgan fingerprint density at radius 3 is 2.17 bits per heavy atom. The molecule has 156 valence electrons. The van der Waals surface area contributed by atoms with Gasteiger partial charge in [-0.25, -0.2) is 0 Å². The van der Waals surface area contributed by atoms with Crippen molar-refractivity contribution in [3.8, 4) is 11.1 Å². The molecule has 1 saturated carbocycles. The van der Waals surface area contributed by atoms with Crippen molar-refractivity contribution in [2.75, 3.05) is 6.61 Å². The molecule has 3 rings (SSSR count). The summed E-state index contributed by atoms with van der Waals surface area (Å²) in [7, 11) is 0. The standard InChI is InChI=1S/C28H38O/c1-3-5-7-8-23-9-13-25(14-10-23)27-17-19-28(20-18-27)26-15-11-24(12-16-26)22-29-21-6-4-2/h3,11-12,15-20,23,25H,1,4-10,13-14,21-22H2,2H3. The van der Waals surface area contributed by atoms with Crippen molar-refractivity contribution in [3.63, 3.8) is 0 Å². The van der Waals surface area contributed by atoms with Crippen molar-refractivity contribution < 1.29 is 4.74 Å². The molecular weight excluding hydrogens is 352 g/mol. The van der Waals surface area contributed by atoms with Crippen LogP contribution in [0, 0.1) is 5.92 Å². The molecule has 1 aliphatic rings. The monoisotopic (exact) mass is 390 g/mol. The van der Waals surface area contributed by atoms with Gasteiger partial charge in [-0.3, -0.25) is 0 Å². The fourth-order valence-electron chi connectivity index (χ4n) is 4.51. The summed E-state index contributed by atoms with van der Waals surface area (Å²) in [6.45, 7) is 7.61. The number of benzene rings is 2. The zero-order valence-corrected chi connectivity index (χ0v) is 18.2. The van der Waals surface area contributed by atoms with E-state index in [2.05, 4.69) is 68.1 Å². The number of allylic oxidation sites excluding steroid dienone is 1. The molecule has 2 aromatic rings. The molecular formula is C28H38O. The average molecular weight is 391 g/mol. The lowest BCUT2D eigenvalue weighted by Crippen LogP contribution is -2.13. The third-order valence-electron chi connectivity index (χ3n) is 6.45. The van der Waals surface area contributed by atoms with Gasteiger partial charge in [0.05, 0.1) is 6.61 Å². The average Bonchev–Trinajstić information content (AvgIpc) is 2.78. The van der Waals surface area contributed by atoms with Gasteiger partial charge in [0, 0.05) is 6.61 Å². The van der Waals surface area contributed by atoms with E-state index < -0.39 is 0 Å². The molecule has 1 fully saturated rings. The maximum absolute atomic E-state index is 5.72. The molecule has 29 heavy (non-hydrogen) atoms. The molecule has 1 heteroatoms. The van der Waals surface area contributed by atoms with E-state index in [0.717, 1.165) is 31.5 Å². The molecule has 2 aromatic carbocycles. The summed E-state index contributed by atoms with van der Waals surface area (Å²) in [6.07, 6.45) is 13.8. The Balaban J connectivity index is 1.49. The molecule has 0 aliphatic heterocycles. The first-order valence-electron chi connectivity index (χ1n) is 11.7. The van der Waals surface area contributed by atoms with E-state index in [4.69, 9.17) is 4.74 Å². The number of rotatable bonds is 11. The van der Waals surface area contributed by atoms with E-state index in [1.54, 1.807) is 0 Å². The molecule has 1 nitrogen and oxygen atoms in total. The first-order valence-corrected chi connectivity index (χ1v) is 11.7. The Kier molecular flexibility index (Phi) is 9.02. The quantitative estimate of drug-likeness (QED) is 0.277. The Hall–Kier alpha value is -1.86. The van der Waals surface area contributed by atoms with Crippen molar-refractivity contribution in [1.82, 2.24) is 0 Å². The molecule has 0 radical (unpaired) electrons. The van der Waals surface area contributed by atoms with Crippen molar-refractivity contribution in [1.29, 1.82) is 0 Å². The molecule has 0 spiro atoms. The zero-order valence-electron chi connectivity index (χ0n) is 18.2. The third-order valence-corrected chi connectivity index (χ3v) is 6.45. The lowest BCUT2D eigenvalue weighted by Gasteiger charge is -2.29. The maximum Gasteiger partial charge on any atom is 0.0716 e. The molecule has 0 saturated heterocycles. The third kappa shape index (κ3) is 6.85. The Morgan fingerprint density at radius 2 is 1.55 bits per heavy atom. The molecule has 0 atom stereocenters. The van der Waals surface area contributed by atoms with Gasteiger partial charge in [-0.1, -0.05) is 74.4 Å². The molecule has 0 heterocycles. The molecule has 0 N–H and O–H groups in total. The van der Waals surface area contributed by atoms with Crippen molar-refractivity contribution in [2.45, 2.75) is 77.2 Å². The van der Waals surface area contributed by atoms with Gasteiger partial charge in [-0.05, 0) is 79.0 Å². The second-order valence-electron chi connectivity index (χ2n) is 8.66. The van der Waals surface area contributed by atoms with Crippen LogP contribution in [0.3, 0.4) is 0 Å². The normalized spacial score (nSPS) is 19.2. The van der Waals surface area contributed by atoms with Gasteiger partial charge >= 0.3 is 0 Å². The summed E-state index contributed by atoms with van der Waals surface area (Å²) in [6, 6.07) is 18.2. The van der Waals surface area contributed by atoms with E-state index >= 15 is 0 Å². The van der Waals surface area contributed by atoms with Gasteiger partial charge in [0.2, 0.25) is 0 Å². The Morgan fingerprint density at radius 1 is 0.897 bits per heavy atom. The number of ether oxygens (including phenoxy) is 1. The number of hydrogen-bond donors (Lipinski definition) is 0. The van der Waals surface area contributed by atoms with Crippen LogP contribution < -0.4 is 0 Å². The van der Waals surface area contributed by atoms with Crippen LogP contribution in [0.1, 0.15) is 81.8 Å². The second-order valence-corrected chi connectivity index (χ2v) is 8.66. The minimum absolute atomic E-state index is 0.718. The van der Waals surface area contributed by atoms with Crippen molar-refractivity contribution >= 4 is 0 Å². The number of unbranched alkanes of at least 4 members (excludes halogenated alkanes) is 2. The summed E-state index contributed by atoms with van der Waals surface area (Å²) in [5.74, 6) is 1.69. The second kappa shape index (κ2) is 12.0. The zero-order chi connectivity index (χ0) is 20.3. The first-order chi connectivity index (χ1) is 14.3. The predicted molar refractivity (Wildman–Crippen MR) is 125 cm³/mol. The molecule has 1 aliphatic carbocycles. The van der Waals surface area contributed by atoms with Crippen LogP contribution >= 0.6 is 0 Å². The molecule has 0 aromatic heterocycles. The van der Waals surface area contributed by atoms with Gasteiger partial charge < -0.3 is 4.74 Å². The van der Waals surface area contributed by atoms with Crippen LogP contribution in [0.4, 0.5) is 0 Å². The van der Waals surface area contributed by atoms with E-state index in [1.165, 1.54) is 73.6 Å². The minimum atomic E-state index is 0.718. The first kappa shape index (κ1) is 21.8. The van der Waals surface area contributed by atoms with E-state index in [-0.39, 0.29) is 0 Å². The molecule has 0 amide bonds. The van der Waals surface area contributed by atoms with Crippen LogP contribution in [-0.2, 0) is 11.3 Å². The van der Waals surface area contributed by atoms with E-state index in [9.17, 15) is 0 Å². The summed E-state index contributed by atoms with van der Waals surface area (Å²) < 4.78 is 5.72. The van der Waals surface area contributed by atoms with Crippen LogP contribution in [0.25, 0.3) is 11.1 Å². The highest BCUT2D eigenvalue weighted by Crippen LogP contribution is 2.38. The topological polar surface area (TPSA) is 9.23 Å². The van der Waals surface area contributed by atoms with Crippen molar-refractivity contribution in [3.05, 3.63) is 72.3 Å². The fourth-order valence-corrected chi connectivity index (χ4v) is 4.51. The van der Waals surface area contributed by atoms with Crippen LogP contribution in [-0.4, -0.2) is 6.61 Å². The van der Waals surface area contributed by atoms with E-state index in [1.807, 2.05) is 0 Å². The lowest BCUT2D eigenvalue weighted by atomic mass is 9.77. The highest BCUT2D eigenvalue weighted by Gasteiger charge is 2.21. The van der Waals surface area contributed by atoms with E-state index in [0.29, 0.717) is 0 Å². The Labute approximate surface area is 178 Å². The number of hydrogen-bond acceptors (Lipinski definition) is 1. The molecule has 0 bridgehead atoms. The Bertz CT molecular complexity index is 705. The highest BCUT2D eigenvalue weighted by atomic mass is 16.5. The van der Waals surface area contributed by atoms with Crippen LogP contribution in [0.15, 0.2) is 61.2 Å². The van der Waals surface area contributed by atoms with Crippen LogP contribution in [0.5, 0.6) is 0 Å². The summed E-state index contributed by atoms with van der Waals surface area (Å²) in [4.78, 5) is 0. The summed E-state index contributed by atoms with van der Waals surface area (Å²) in [5, 5.41) is 0. The van der Waals surface area contributed by atoms with Gasteiger partial charge in [-0.15, -0.1) is 6.58 Å². The van der Waals surface area contributed by atoms with Gasteiger partial charge in [0.15, 0.2) is 0 Å². The smallest absolute Gasteiger partial charge is 0.0716 e. The summed E-state index contributed by atoms with van der Waals surface area (Å²) in [5.41, 5.74) is 5.38. The van der Waals surface area contributed by atoms with Gasteiger partial charge in [-0.2, -0.15) is 0 Å². The summed E-state index contributed by atoms with van der Waals surface area (Å²) >= 11 is 0. The highest BCUT2D eigenvalue weighted by molar-refractivity contribution is 5.64. The lowest BCUT2D eigenvalue weighted by molar-refractivity contribution is 0.118. The predicted octanol–water partition coefficient (Wildman–Crippen LogP) is 8.30. The SMILES string of the molecule is C=CCCCC1CCC(c2ccc(-c3ccc(COCCCC)cc3)cc2)CC1.